The minimum absolute atomic E-state index is 0.00375. The number of carbonyl (C=O) groups excluding carboxylic acids is 1. The lowest BCUT2D eigenvalue weighted by atomic mass is 10.1. The van der Waals surface area contributed by atoms with E-state index in [1.807, 2.05) is 20.1 Å². The van der Waals surface area contributed by atoms with Gasteiger partial charge in [0.25, 0.3) is 0 Å². The van der Waals surface area contributed by atoms with Crippen LogP contribution in [0, 0.1) is 5.82 Å². The van der Waals surface area contributed by atoms with Crippen molar-refractivity contribution in [3.63, 3.8) is 0 Å². The smallest absolute Gasteiger partial charge is 0.314 e. The van der Waals surface area contributed by atoms with Crippen molar-refractivity contribution in [1.29, 1.82) is 0 Å². The topological polar surface area (TPSA) is 61.4 Å². The van der Waals surface area contributed by atoms with Gasteiger partial charge in [0.1, 0.15) is 5.82 Å². The van der Waals surface area contributed by atoms with E-state index in [1.54, 1.807) is 11.8 Å². The lowest BCUT2D eigenvalue weighted by molar-refractivity contribution is 0.172. The van der Waals surface area contributed by atoms with Gasteiger partial charge in [-0.25, -0.2) is 9.18 Å². The number of aliphatic hydroxyl groups is 1. The first kappa shape index (κ1) is 18.1. The largest absolute Gasteiger partial charge is 0.387 e. The summed E-state index contributed by atoms with van der Waals surface area (Å²) < 4.78 is 13.2. The van der Waals surface area contributed by atoms with Gasteiger partial charge in [0.15, 0.2) is 0 Å². The van der Waals surface area contributed by atoms with E-state index in [1.165, 1.54) is 12.1 Å². The van der Waals surface area contributed by atoms with Crippen LogP contribution in [0.5, 0.6) is 0 Å². The van der Waals surface area contributed by atoms with E-state index in [4.69, 9.17) is 11.6 Å². The van der Waals surface area contributed by atoms with Crippen molar-refractivity contribution < 1.29 is 14.3 Å². The van der Waals surface area contributed by atoms with E-state index in [0.29, 0.717) is 12.1 Å². The number of benzene rings is 1. The summed E-state index contributed by atoms with van der Waals surface area (Å²) in [5.74, 6) is -0.598. The van der Waals surface area contributed by atoms with Crippen LogP contribution < -0.4 is 10.6 Å². The van der Waals surface area contributed by atoms with Crippen LogP contribution in [-0.4, -0.2) is 35.2 Å². The molecule has 2 amide bonds. The Kier molecular flexibility index (Phi) is 6.77. The zero-order chi connectivity index (χ0) is 16.0. The SMILES string of the molecule is CSC(C)(C)CNC(=O)NCC(O)c1ccc(Cl)c(F)c1. The molecule has 1 rings (SSSR count). The third-order valence-electron chi connectivity index (χ3n) is 3.01. The average molecular weight is 335 g/mol. The number of carbonyl (C=O) groups is 1. The number of halogens is 2. The van der Waals surface area contributed by atoms with Crippen LogP contribution in [0.25, 0.3) is 0 Å². The van der Waals surface area contributed by atoms with Crippen molar-refractivity contribution in [1.82, 2.24) is 10.6 Å². The molecule has 0 saturated heterocycles. The molecule has 0 spiro atoms. The molecule has 1 aromatic carbocycles. The Hall–Kier alpha value is -0.980. The second kappa shape index (κ2) is 7.87. The molecule has 0 aliphatic heterocycles. The zero-order valence-electron chi connectivity index (χ0n) is 12.2. The Balaban J connectivity index is 2.43. The maximum atomic E-state index is 13.3. The Morgan fingerprint density at radius 3 is 2.71 bits per heavy atom. The van der Waals surface area contributed by atoms with E-state index < -0.39 is 11.9 Å². The number of thioether (sulfide) groups is 1. The highest BCUT2D eigenvalue weighted by Crippen LogP contribution is 2.20. The van der Waals surface area contributed by atoms with E-state index in [2.05, 4.69) is 10.6 Å². The van der Waals surface area contributed by atoms with Crippen molar-refractivity contribution in [2.75, 3.05) is 19.3 Å². The first-order chi connectivity index (χ1) is 9.75. The molecular weight excluding hydrogens is 315 g/mol. The van der Waals surface area contributed by atoms with Crippen molar-refractivity contribution >= 4 is 29.4 Å². The highest BCUT2D eigenvalue weighted by Gasteiger charge is 2.17. The summed E-state index contributed by atoms with van der Waals surface area (Å²) in [5, 5.41) is 15.2. The maximum Gasteiger partial charge on any atom is 0.314 e. The van der Waals surface area contributed by atoms with Gasteiger partial charge >= 0.3 is 6.03 Å². The maximum absolute atomic E-state index is 13.3. The predicted octanol–water partition coefficient (Wildman–Crippen LogP) is 2.95. The molecule has 3 N–H and O–H groups in total. The van der Waals surface area contributed by atoms with E-state index in [-0.39, 0.29) is 22.3 Å². The normalized spacial score (nSPS) is 12.9. The minimum Gasteiger partial charge on any atom is -0.387 e. The molecule has 0 radical (unpaired) electrons. The second-order valence-corrected chi connectivity index (χ2v) is 7.14. The fourth-order valence-electron chi connectivity index (χ4n) is 1.45. The molecule has 1 unspecified atom stereocenters. The highest BCUT2D eigenvalue weighted by atomic mass is 35.5. The molecule has 0 aliphatic rings. The summed E-state index contributed by atoms with van der Waals surface area (Å²) in [6.45, 7) is 4.53. The number of amides is 2. The summed E-state index contributed by atoms with van der Waals surface area (Å²) >= 11 is 7.22. The van der Waals surface area contributed by atoms with Crippen molar-refractivity contribution in [2.24, 2.45) is 0 Å². The minimum atomic E-state index is -0.990. The molecule has 0 heterocycles. The summed E-state index contributed by atoms with van der Waals surface area (Å²) in [7, 11) is 0. The molecule has 0 fully saturated rings. The molecule has 0 bridgehead atoms. The van der Waals surface area contributed by atoms with Crippen LogP contribution in [-0.2, 0) is 0 Å². The van der Waals surface area contributed by atoms with Crippen LogP contribution in [0.2, 0.25) is 5.02 Å². The molecule has 0 saturated carbocycles. The molecule has 4 nitrogen and oxygen atoms in total. The predicted molar refractivity (Wildman–Crippen MR) is 85.4 cm³/mol. The number of urea groups is 1. The van der Waals surface area contributed by atoms with Crippen LogP contribution in [0.15, 0.2) is 18.2 Å². The van der Waals surface area contributed by atoms with Gasteiger partial charge in [0.05, 0.1) is 11.1 Å². The standard InChI is InChI=1S/C14H20ClFN2O2S/c1-14(2,21-3)8-18-13(20)17-7-12(19)9-4-5-10(15)11(16)6-9/h4-6,12,19H,7-8H2,1-3H3,(H2,17,18,20). The average Bonchev–Trinajstić information content (AvgIpc) is 2.45. The quantitative estimate of drug-likeness (QED) is 0.749. The van der Waals surface area contributed by atoms with Gasteiger partial charge in [0, 0.05) is 17.8 Å². The Bertz CT molecular complexity index is 500. The second-order valence-electron chi connectivity index (χ2n) is 5.22. The summed E-state index contributed by atoms with van der Waals surface area (Å²) in [6.07, 6.45) is 0.981. The van der Waals surface area contributed by atoms with E-state index in [9.17, 15) is 14.3 Å². The molecule has 118 valence electrons. The fraction of sp³-hybridized carbons (Fsp3) is 0.500. The van der Waals surface area contributed by atoms with Crippen molar-refractivity contribution in [3.8, 4) is 0 Å². The van der Waals surface area contributed by atoms with Crippen molar-refractivity contribution in [3.05, 3.63) is 34.6 Å². The first-order valence-electron chi connectivity index (χ1n) is 6.45. The fourth-order valence-corrected chi connectivity index (χ4v) is 1.79. The Morgan fingerprint density at radius 1 is 1.48 bits per heavy atom. The summed E-state index contributed by atoms with van der Waals surface area (Å²) in [6, 6.07) is 3.68. The van der Waals surface area contributed by atoms with Crippen LogP contribution in [0.1, 0.15) is 25.5 Å². The molecule has 1 atom stereocenters. The van der Waals surface area contributed by atoms with Gasteiger partial charge in [-0.1, -0.05) is 17.7 Å². The molecule has 21 heavy (non-hydrogen) atoms. The summed E-state index contributed by atoms with van der Waals surface area (Å²) in [5.41, 5.74) is 0.363. The van der Waals surface area contributed by atoms with E-state index >= 15 is 0 Å². The van der Waals surface area contributed by atoms with Crippen LogP contribution in [0.3, 0.4) is 0 Å². The monoisotopic (exact) mass is 334 g/mol. The lowest BCUT2D eigenvalue weighted by Crippen LogP contribution is -2.43. The number of rotatable bonds is 6. The van der Waals surface area contributed by atoms with Gasteiger partial charge in [0.2, 0.25) is 0 Å². The third kappa shape index (κ3) is 6.11. The van der Waals surface area contributed by atoms with Gasteiger partial charge in [-0.15, -0.1) is 0 Å². The number of hydrogen-bond donors (Lipinski definition) is 3. The van der Waals surface area contributed by atoms with E-state index in [0.717, 1.165) is 6.07 Å². The van der Waals surface area contributed by atoms with Crippen LogP contribution >= 0.6 is 23.4 Å². The Labute approximate surface area is 133 Å². The number of hydrogen-bond acceptors (Lipinski definition) is 3. The number of nitrogens with one attached hydrogen (secondary N) is 2. The summed E-state index contributed by atoms with van der Waals surface area (Å²) in [4.78, 5) is 11.6. The van der Waals surface area contributed by atoms with Gasteiger partial charge in [-0.3, -0.25) is 0 Å². The number of aliphatic hydroxyl groups excluding tert-OH is 1. The molecule has 7 heteroatoms. The highest BCUT2D eigenvalue weighted by molar-refractivity contribution is 7.99. The lowest BCUT2D eigenvalue weighted by Gasteiger charge is -2.22. The first-order valence-corrected chi connectivity index (χ1v) is 8.05. The molecule has 1 aromatic rings. The van der Waals surface area contributed by atoms with Gasteiger partial charge in [-0.05, 0) is 37.8 Å². The molecule has 0 aromatic heterocycles. The molecule has 0 aliphatic carbocycles. The molecular formula is C14H20ClFN2O2S. The van der Waals surface area contributed by atoms with Crippen LogP contribution in [0.4, 0.5) is 9.18 Å². The third-order valence-corrected chi connectivity index (χ3v) is 4.57. The zero-order valence-corrected chi connectivity index (χ0v) is 13.8. The van der Waals surface area contributed by atoms with Crippen molar-refractivity contribution in [2.45, 2.75) is 24.7 Å². The van der Waals surface area contributed by atoms with Gasteiger partial charge in [-0.2, -0.15) is 11.8 Å². The Morgan fingerprint density at radius 2 is 2.14 bits per heavy atom. The van der Waals surface area contributed by atoms with Gasteiger partial charge < -0.3 is 15.7 Å².